The molecule has 0 saturated carbocycles. The van der Waals surface area contributed by atoms with Crippen molar-refractivity contribution in [3.63, 3.8) is 0 Å². The zero-order valence-corrected chi connectivity index (χ0v) is 12.7. The lowest BCUT2D eigenvalue weighted by molar-refractivity contribution is -0.142. The number of hydrogen-bond acceptors (Lipinski definition) is 4. The van der Waals surface area contributed by atoms with Crippen molar-refractivity contribution in [2.24, 2.45) is 11.8 Å². The molecule has 0 aliphatic carbocycles. The zero-order chi connectivity index (χ0) is 15.8. The number of methoxy groups -OCH3 is 1. The molecular weight excluding hydrogens is 268 g/mol. The van der Waals surface area contributed by atoms with E-state index in [-0.39, 0.29) is 0 Å². The number of carbonyl (C=O) groups is 1. The lowest BCUT2D eigenvalue weighted by atomic mass is 9.97. The Kier molecular flexibility index (Phi) is 6.70. The molecule has 2 N–H and O–H groups in total. The van der Waals surface area contributed by atoms with Gasteiger partial charge < -0.3 is 15.2 Å². The normalized spacial score (nSPS) is 12.0. The van der Waals surface area contributed by atoms with Gasteiger partial charge in [0.2, 0.25) is 0 Å². The van der Waals surface area contributed by atoms with E-state index >= 15 is 0 Å². The number of hydrogen-bond donors (Lipinski definition) is 2. The van der Waals surface area contributed by atoms with Crippen molar-refractivity contribution < 1.29 is 14.6 Å². The van der Waals surface area contributed by atoms with Crippen molar-refractivity contribution in [2.45, 2.75) is 26.8 Å². The number of nitriles is 1. The largest absolute Gasteiger partial charge is 0.495 e. The van der Waals surface area contributed by atoms with E-state index in [1.807, 2.05) is 19.9 Å². The van der Waals surface area contributed by atoms with Crippen LogP contribution in [0.3, 0.4) is 0 Å². The Morgan fingerprint density at radius 2 is 2.19 bits per heavy atom. The lowest BCUT2D eigenvalue weighted by Crippen LogP contribution is -2.29. The van der Waals surface area contributed by atoms with Gasteiger partial charge in [0.15, 0.2) is 0 Å². The third-order valence-corrected chi connectivity index (χ3v) is 3.21. The predicted octanol–water partition coefficient (Wildman–Crippen LogP) is 2.40. The topological polar surface area (TPSA) is 82.3 Å². The minimum Gasteiger partial charge on any atom is -0.495 e. The second-order valence-corrected chi connectivity index (χ2v) is 5.44. The number of aliphatic carboxylic acids is 1. The zero-order valence-electron chi connectivity index (χ0n) is 12.7. The van der Waals surface area contributed by atoms with Crippen LogP contribution in [0.4, 0.5) is 0 Å². The maximum absolute atomic E-state index is 11.2. The van der Waals surface area contributed by atoms with Crippen LogP contribution in [0.5, 0.6) is 5.75 Å². The molecule has 0 amide bonds. The second kappa shape index (κ2) is 8.28. The highest BCUT2D eigenvalue weighted by Gasteiger charge is 2.18. The second-order valence-electron chi connectivity index (χ2n) is 5.44. The van der Waals surface area contributed by atoms with Crippen molar-refractivity contribution in [3.8, 4) is 11.8 Å². The molecule has 1 aromatic carbocycles. The van der Waals surface area contributed by atoms with Crippen LogP contribution in [0.25, 0.3) is 0 Å². The summed E-state index contributed by atoms with van der Waals surface area (Å²) in [6.07, 6.45) is 0.647. The third kappa shape index (κ3) is 5.44. The van der Waals surface area contributed by atoms with Gasteiger partial charge in [0.05, 0.1) is 18.6 Å². The fraction of sp³-hybridized carbons (Fsp3) is 0.500. The quantitative estimate of drug-likeness (QED) is 0.768. The number of nitrogens with zero attached hydrogens (tertiary/aromatic N) is 1. The van der Waals surface area contributed by atoms with Gasteiger partial charge >= 0.3 is 5.97 Å². The van der Waals surface area contributed by atoms with Gasteiger partial charge in [0, 0.05) is 13.1 Å². The standard InChI is InChI=1S/C16H22N2O3/c1-11(2)6-14(16(19)20)10-18-9-12-4-5-15(21-3)13(7-12)8-17/h4-5,7,11,14,18H,6,9-10H2,1-3H3,(H,19,20). The van der Waals surface area contributed by atoms with Crippen molar-refractivity contribution >= 4 is 5.97 Å². The van der Waals surface area contributed by atoms with Gasteiger partial charge in [-0.05, 0) is 30.0 Å². The number of nitrogens with one attached hydrogen (secondary N) is 1. The molecule has 0 aromatic heterocycles. The SMILES string of the molecule is COc1ccc(CNCC(CC(C)C)C(=O)O)cc1C#N. The Morgan fingerprint density at radius 1 is 1.48 bits per heavy atom. The number of benzene rings is 1. The fourth-order valence-corrected chi connectivity index (χ4v) is 2.18. The molecule has 0 aliphatic heterocycles. The first kappa shape index (κ1) is 17.0. The van der Waals surface area contributed by atoms with Gasteiger partial charge in [-0.1, -0.05) is 19.9 Å². The maximum Gasteiger partial charge on any atom is 0.307 e. The summed E-state index contributed by atoms with van der Waals surface area (Å²) < 4.78 is 5.09. The molecule has 1 atom stereocenters. The van der Waals surface area contributed by atoms with E-state index in [0.29, 0.717) is 36.7 Å². The van der Waals surface area contributed by atoms with Crippen LogP contribution >= 0.6 is 0 Å². The summed E-state index contributed by atoms with van der Waals surface area (Å²) in [4.78, 5) is 11.2. The minimum absolute atomic E-state index is 0.346. The van der Waals surface area contributed by atoms with Crippen LogP contribution in [0.15, 0.2) is 18.2 Å². The molecule has 0 radical (unpaired) electrons. The molecule has 0 heterocycles. The lowest BCUT2D eigenvalue weighted by Gasteiger charge is -2.15. The summed E-state index contributed by atoms with van der Waals surface area (Å²) in [6.45, 7) is 4.97. The number of ether oxygens (including phenoxy) is 1. The summed E-state index contributed by atoms with van der Waals surface area (Å²) in [5, 5.41) is 21.3. The highest BCUT2D eigenvalue weighted by Crippen LogP contribution is 2.19. The van der Waals surface area contributed by atoms with Crippen LogP contribution in [0.1, 0.15) is 31.4 Å². The number of rotatable bonds is 8. The van der Waals surface area contributed by atoms with Gasteiger partial charge in [0.1, 0.15) is 11.8 Å². The van der Waals surface area contributed by atoms with Gasteiger partial charge in [-0.15, -0.1) is 0 Å². The number of carboxylic acid groups (broad SMARTS) is 1. The average molecular weight is 290 g/mol. The molecule has 0 fully saturated rings. The van der Waals surface area contributed by atoms with E-state index in [4.69, 9.17) is 10.00 Å². The first-order valence-electron chi connectivity index (χ1n) is 6.98. The van der Waals surface area contributed by atoms with Gasteiger partial charge in [-0.2, -0.15) is 5.26 Å². The molecule has 1 aromatic rings. The molecule has 0 bridgehead atoms. The molecular formula is C16H22N2O3. The number of carboxylic acids is 1. The average Bonchev–Trinajstić information content (AvgIpc) is 2.45. The smallest absolute Gasteiger partial charge is 0.307 e. The van der Waals surface area contributed by atoms with Crippen molar-refractivity contribution in [2.75, 3.05) is 13.7 Å². The van der Waals surface area contributed by atoms with Crippen LogP contribution in [-0.2, 0) is 11.3 Å². The van der Waals surface area contributed by atoms with Gasteiger partial charge in [-0.25, -0.2) is 0 Å². The molecule has 5 nitrogen and oxygen atoms in total. The first-order chi connectivity index (χ1) is 9.97. The van der Waals surface area contributed by atoms with E-state index in [2.05, 4.69) is 11.4 Å². The summed E-state index contributed by atoms with van der Waals surface area (Å²) in [6, 6.07) is 7.45. The highest BCUT2D eigenvalue weighted by molar-refractivity contribution is 5.70. The van der Waals surface area contributed by atoms with Crippen LogP contribution < -0.4 is 10.1 Å². The Balaban J connectivity index is 2.59. The molecule has 21 heavy (non-hydrogen) atoms. The van der Waals surface area contributed by atoms with Crippen LogP contribution in [0, 0.1) is 23.2 Å². The van der Waals surface area contributed by atoms with Crippen molar-refractivity contribution in [1.29, 1.82) is 5.26 Å². The van der Waals surface area contributed by atoms with Gasteiger partial charge in [0.25, 0.3) is 0 Å². The monoisotopic (exact) mass is 290 g/mol. The minimum atomic E-state index is -0.774. The Bertz CT molecular complexity index is 521. The molecule has 0 aliphatic rings. The molecule has 5 heteroatoms. The van der Waals surface area contributed by atoms with Crippen molar-refractivity contribution in [3.05, 3.63) is 29.3 Å². The van der Waals surface area contributed by atoms with Crippen LogP contribution in [-0.4, -0.2) is 24.7 Å². The Hall–Kier alpha value is -2.06. The van der Waals surface area contributed by atoms with E-state index in [0.717, 1.165) is 5.56 Å². The van der Waals surface area contributed by atoms with Crippen molar-refractivity contribution in [1.82, 2.24) is 5.32 Å². The summed E-state index contributed by atoms with van der Waals surface area (Å²) >= 11 is 0. The highest BCUT2D eigenvalue weighted by atomic mass is 16.5. The van der Waals surface area contributed by atoms with E-state index in [1.165, 1.54) is 7.11 Å². The van der Waals surface area contributed by atoms with E-state index in [1.54, 1.807) is 12.1 Å². The Morgan fingerprint density at radius 3 is 2.71 bits per heavy atom. The third-order valence-electron chi connectivity index (χ3n) is 3.21. The summed E-state index contributed by atoms with van der Waals surface area (Å²) in [5.41, 5.74) is 1.41. The molecule has 0 saturated heterocycles. The Labute approximate surface area is 125 Å². The first-order valence-corrected chi connectivity index (χ1v) is 6.98. The van der Waals surface area contributed by atoms with Gasteiger partial charge in [-0.3, -0.25) is 4.79 Å². The van der Waals surface area contributed by atoms with E-state index in [9.17, 15) is 9.90 Å². The summed E-state index contributed by atoms with van der Waals surface area (Å²) in [7, 11) is 1.53. The molecule has 1 unspecified atom stereocenters. The van der Waals surface area contributed by atoms with E-state index < -0.39 is 11.9 Å². The predicted molar refractivity (Wildman–Crippen MR) is 80.0 cm³/mol. The van der Waals surface area contributed by atoms with Crippen LogP contribution in [0.2, 0.25) is 0 Å². The molecule has 114 valence electrons. The molecule has 1 rings (SSSR count). The fourth-order valence-electron chi connectivity index (χ4n) is 2.18. The summed E-state index contributed by atoms with van der Waals surface area (Å²) in [5.74, 6) is -0.272. The maximum atomic E-state index is 11.2. The molecule has 0 spiro atoms.